The number of aryl methyl sites for hydroxylation is 1. The molecule has 0 saturated carbocycles. The molecule has 4 heteroatoms. The number of pyridine rings is 1. The third-order valence-corrected chi connectivity index (χ3v) is 3.92. The molecule has 2 aromatic rings. The van der Waals surface area contributed by atoms with Crippen LogP contribution in [0.15, 0.2) is 41.0 Å². The fourth-order valence-electron chi connectivity index (χ4n) is 1.80. The predicted octanol–water partition coefficient (Wildman–Crippen LogP) is 4.68. The zero-order valence-electron chi connectivity index (χ0n) is 10.9. The first-order valence-electron chi connectivity index (χ1n) is 5.99. The number of aromatic nitrogens is 1. The number of hydrogen-bond donors (Lipinski definition) is 0. The number of rotatable bonds is 4. The highest BCUT2D eigenvalue weighted by atomic mass is 79.9. The molecule has 1 aromatic carbocycles. The highest BCUT2D eigenvalue weighted by Crippen LogP contribution is 2.31. The normalized spacial score (nSPS) is 12.2. The zero-order chi connectivity index (χ0) is 13.8. The second-order valence-corrected chi connectivity index (χ2v) is 5.77. The summed E-state index contributed by atoms with van der Waals surface area (Å²) in [6.45, 7) is 2.02. The minimum absolute atomic E-state index is 0.0996. The number of ether oxygens (including phenoxy) is 1. The summed E-state index contributed by atoms with van der Waals surface area (Å²) >= 11 is 9.92. The van der Waals surface area contributed by atoms with Gasteiger partial charge in [-0.25, -0.2) is 0 Å². The highest BCUT2D eigenvalue weighted by molar-refractivity contribution is 9.10. The molecule has 2 rings (SSSR count). The third kappa shape index (κ3) is 3.71. The lowest BCUT2D eigenvalue weighted by Crippen LogP contribution is -1.99. The monoisotopic (exact) mass is 339 g/mol. The van der Waals surface area contributed by atoms with Gasteiger partial charge in [-0.1, -0.05) is 12.1 Å². The summed E-state index contributed by atoms with van der Waals surface area (Å²) in [6, 6.07) is 9.96. The van der Waals surface area contributed by atoms with Crippen molar-refractivity contribution >= 4 is 27.5 Å². The molecular formula is C15H15BrClNO. The summed E-state index contributed by atoms with van der Waals surface area (Å²) in [5.74, 6) is 0.807. The van der Waals surface area contributed by atoms with Crippen LogP contribution >= 0.6 is 27.5 Å². The summed E-state index contributed by atoms with van der Waals surface area (Å²) in [5, 5.41) is -0.0996. The van der Waals surface area contributed by atoms with E-state index < -0.39 is 0 Å². The number of methoxy groups -OCH3 is 1. The van der Waals surface area contributed by atoms with Gasteiger partial charge in [-0.05, 0) is 52.2 Å². The van der Waals surface area contributed by atoms with Crippen molar-refractivity contribution in [2.45, 2.75) is 18.7 Å². The largest absolute Gasteiger partial charge is 0.496 e. The molecule has 0 aliphatic rings. The Hall–Kier alpha value is -1.06. The molecule has 0 aliphatic carbocycles. The first-order valence-corrected chi connectivity index (χ1v) is 7.22. The van der Waals surface area contributed by atoms with Crippen LogP contribution in [-0.2, 0) is 6.42 Å². The van der Waals surface area contributed by atoms with E-state index in [4.69, 9.17) is 16.3 Å². The summed E-state index contributed by atoms with van der Waals surface area (Å²) in [4.78, 5) is 4.38. The van der Waals surface area contributed by atoms with E-state index in [-0.39, 0.29) is 5.38 Å². The van der Waals surface area contributed by atoms with Crippen molar-refractivity contribution in [1.82, 2.24) is 4.98 Å². The average Bonchev–Trinajstić information content (AvgIpc) is 2.41. The van der Waals surface area contributed by atoms with Gasteiger partial charge in [-0.2, -0.15) is 0 Å². The minimum atomic E-state index is -0.0996. The van der Waals surface area contributed by atoms with Crippen LogP contribution in [0, 0.1) is 6.92 Å². The Labute approximate surface area is 126 Å². The van der Waals surface area contributed by atoms with E-state index in [0.717, 1.165) is 27.0 Å². The van der Waals surface area contributed by atoms with Crippen LogP contribution in [0.25, 0.3) is 0 Å². The SMILES string of the molecule is COc1ccc(C(Cl)Cc2ccc(C)cn2)cc1Br. The molecule has 0 radical (unpaired) electrons. The van der Waals surface area contributed by atoms with E-state index in [1.54, 1.807) is 7.11 Å². The van der Waals surface area contributed by atoms with Gasteiger partial charge in [0, 0.05) is 18.3 Å². The maximum absolute atomic E-state index is 6.45. The Kier molecular flexibility index (Phi) is 4.83. The second kappa shape index (κ2) is 6.40. The van der Waals surface area contributed by atoms with Crippen molar-refractivity contribution < 1.29 is 4.74 Å². The van der Waals surface area contributed by atoms with Gasteiger partial charge < -0.3 is 4.74 Å². The van der Waals surface area contributed by atoms with E-state index >= 15 is 0 Å². The minimum Gasteiger partial charge on any atom is -0.496 e. The number of hydrogen-bond acceptors (Lipinski definition) is 2. The molecule has 0 N–H and O–H groups in total. The summed E-state index contributed by atoms with van der Waals surface area (Å²) in [6.07, 6.45) is 2.57. The van der Waals surface area contributed by atoms with Crippen molar-refractivity contribution in [3.8, 4) is 5.75 Å². The predicted molar refractivity (Wildman–Crippen MR) is 82.0 cm³/mol. The van der Waals surface area contributed by atoms with Crippen LogP contribution in [0.3, 0.4) is 0 Å². The van der Waals surface area contributed by atoms with Gasteiger partial charge in [-0.15, -0.1) is 11.6 Å². The van der Waals surface area contributed by atoms with E-state index in [0.29, 0.717) is 6.42 Å². The molecule has 19 heavy (non-hydrogen) atoms. The molecule has 1 heterocycles. The number of alkyl halides is 1. The van der Waals surface area contributed by atoms with Crippen LogP contribution in [0.5, 0.6) is 5.75 Å². The molecule has 1 atom stereocenters. The van der Waals surface area contributed by atoms with Crippen molar-refractivity contribution in [2.24, 2.45) is 0 Å². The Morgan fingerprint density at radius 1 is 1.32 bits per heavy atom. The standard InChI is InChI=1S/C15H15BrClNO/c1-10-3-5-12(18-9-10)8-14(17)11-4-6-15(19-2)13(16)7-11/h3-7,9,14H,8H2,1-2H3. The van der Waals surface area contributed by atoms with Gasteiger partial charge in [-0.3, -0.25) is 4.98 Å². The van der Waals surface area contributed by atoms with Crippen molar-refractivity contribution in [1.29, 1.82) is 0 Å². The van der Waals surface area contributed by atoms with Crippen LogP contribution in [0.4, 0.5) is 0 Å². The van der Waals surface area contributed by atoms with Crippen LogP contribution in [-0.4, -0.2) is 12.1 Å². The zero-order valence-corrected chi connectivity index (χ0v) is 13.2. The molecule has 1 unspecified atom stereocenters. The smallest absolute Gasteiger partial charge is 0.133 e. The maximum atomic E-state index is 6.45. The van der Waals surface area contributed by atoms with E-state index in [9.17, 15) is 0 Å². The van der Waals surface area contributed by atoms with Crippen LogP contribution < -0.4 is 4.74 Å². The summed E-state index contributed by atoms with van der Waals surface area (Å²) in [7, 11) is 1.65. The lowest BCUT2D eigenvalue weighted by atomic mass is 10.1. The Morgan fingerprint density at radius 3 is 2.68 bits per heavy atom. The lowest BCUT2D eigenvalue weighted by molar-refractivity contribution is 0.412. The van der Waals surface area contributed by atoms with Gasteiger partial charge in [0.15, 0.2) is 0 Å². The van der Waals surface area contributed by atoms with E-state index in [1.807, 2.05) is 37.4 Å². The number of nitrogens with zero attached hydrogens (tertiary/aromatic N) is 1. The summed E-state index contributed by atoms with van der Waals surface area (Å²) in [5.41, 5.74) is 3.20. The average molecular weight is 341 g/mol. The molecule has 0 bridgehead atoms. The quantitative estimate of drug-likeness (QED) is 0.754. The van der Waals surface area contributed by atoms with Crippen LogP contribution in [0.2, 0.25) is 0 Å². The lowest BCUT2D eigenvalue weighted by Gasteiger charge is -2.11. The van der Waals surface area contributed by atoms with Gasteiger partial charge >= 0.3 is 0 Å². The van der Waals surface area contributed by atoms with Gasteiger partial charge in [0.05, 0.1) is 17.0 Å². The number of benzene rings is 1. The maximum Gasteiger partial charge on any atom is 0.133 e. The molecule has 1 aromatic heterocycles. The fraction of sp³-hybridized carbons (Fsp3) is 0.267. The fourth-order valence-corrected chi connectivity index (χ4v) is 2.65. The molecule has 0 amide bonds. The van der Waals surface area contributed by atoms with Crippen molar-refractivity contribution in [2.75, 3.05) is 7.11 Å². The second-order valence-electron chi connectivity index (χ2n) is 4.39. The van der Waals surface area contributed by atoms with Gasteiger partial charge in [0.2, 0.25) is 0 Å². The highest BCUT2D eigenvalue weighted by Gasteiger charge is 2.12. The van der Waals surface area contributed by atoms with Crippen LogP contribution in [0.1, 0.15) is 22.2 Å². The van der Waals surface area contributed by atoms with Gasteiger partial charge in [0.1, 0.15) is 5.75 Å². The number of halogens is 2. The molecule has 0 spiro atoms. The molecule has 0 saturated heterocycles. The Bertz CT molecular complexity index is 557. The molecule has 0 aliphatic heterocycles. The third-order valence-electron chi connectivity index (χ3n) is 2.90. The Morgan fingerprint density at radius 2 is 2.11 bits per heavy atom. The van der Waals surface area contributed by atoms with Crippen molar-refractivity contribution in [3.05, 3.63) is 57.8 Å². The molecule has 2 nitrogen and oxygen atoms in total. The topological polar surface area (TPSA) is 22.1 Å². The molecule has 0 fully saturated rings. The first kappa shape index (κ1) is 14.4. The van der Waals surface area contributed by atoms with E-state index in [2.05, 4.69) is 27.0 Å². The molecular weight excluding hydrogens is 326 g/mol. The Balaban J connectivity index is 2.13. The summed E-state index contributed by atoms with van der Waals surface area (Å²) < 4.78 is 6.12. The molecule has 100 valence electrons. The van der Waals surface area contributed by atoms with Crippen molar-refractivity contribution in [3.63, 3.8) is 0 Å². The van der Waals surface area contributed by atoms with E-state index in [1.165, 1.54) is 0 Å². The first-order chi connectivity index (χ1) is 9.10. The van der Waals surface area contributed by atoms with Gasteiger partial charge in [0.25, 0.3) is 0 Å².